The van der Waals surface area contributed by atoms with Crippen molar-refractivity contribution in [3.8, 4) is 0 Å². The molecule has 0 spiro atoms. The van der Waals surface area contributed by atoms with Crippen LogP contribution < -0.4 is 0 Å². The molecule has 0 aromatic rings. The van der Waals surface area contributed by atoms with Crippen molar-refractivity contribution in [2.75, 3.05) is 39.6 Å². The minimum atomic E-state index is -4.96. The van der Waals surface area contributed by atoms with E-state index in [1.54, 1.807) is 0 Å². The molecule has 0 aromatic heterocycles. The van der Waals surface area contributed by atoms with Crippen LogP contribution in [0.2, 0.25) is 0 Å². The summed E-state index contributed by atoms with van der Waals surface area (Å²) in [5.74, 6) is -0.756. The van der Waals surface area contributed by atoms with E-state index >= 15 is 0 Å². The van der Waals surface area contributed by atoms with Crippen molar-refractivity contribution in [1.29, 1.82) is 0 Å². The molecule has 0 aliphatic rings. The Morgan fingerprint density at radius 3 is 0.891 bits per heavy atom. The number of hydrogen-bond donors (Lipinski definition) is 3. The fourth-order valence-electron chi connectivity index (χ4n) is 10.6. The zero-order valence-electron chi connectivity index (χ0n) is 59.3. The van der Waals surface area contributed by atoms with Gasteiger partial charge in [-0.05, 0) is 63.2 Å². The molecule has 2 unspecified atom stereocenters. The summed E-state index contributed by atoms with van der Waals surface area (Å²) < 4.78 is 68.3. The smallest absolute Gasteiger partial charge is 0.462 e. The fourth-order valence-corrected chi connectivity index (χ4v) is 12.2. The van der Waals surface area contributed by atoms with Crippen molar-refractivity contribution >= 4 is 39.5 Å². The van der Waals surface area contributed by atoms with Gasteiger partial charge >= 0.3 is 39.5 Å². The standard InChI is InChI=1S/C73H138O17P2/c1-7-9-11-13-15-17-19-21-23-24-26-28-30-32-38-45-51-57-72(77)89-68(61-83-70(75)55-49-43-37-31-29-27-25-22-20-18-16-14-12-10-8-2)63-87-91(79,80)85-59-67(74)60-86-92(81,82)88-64-69(90-73(78)58-52-46-40-34-36-42-48-54-66(5)6)62-84-71(76)56-50-44-39-33-35-41-47-53-65(3)4/h18,20,22,25,65-69,74H,7-17,19,21,23-24,26-64H2,1-6H3,(H,79,80)(H,81,82)/b20-18-,25-22-/t67-,68-,69-/m1/s1. The molecule has 17 nitrogen and oxygen atoms in total. The van der Waals surface area contributed by atoms with Gasteiger partial charge in [-0.2, -0.15) is 0 Å². The van der Waals surface area contributed by atoms with Gasteiger partial charge in [-0.1, -0.05) is 297 Å². The Labute approximate surface area is 561 Å². The average Bonchev–Trinajstić information content (AvgIpc) is 2.95. The minimum Gasteiger partial charge on any atom is -0.462 e. The van der Waals surface area contributed by atoms with Gasteiger partial charge in [-0.3, -0.25) is 37.3 Å². The lowest BCUT2D eigenvalue weighted by Gasteiger charge is -2.21. The predicted molar refractivity (Wildman–Crippen MR) is 372 cm³/mol. The van der Waals surface area contributed by atoms with Gasteiger partial charge in [0.25, 0.3) is 0 Å². The molecule has 0 bridgehead atoms. The van der Waals surface area contributed by atoms with Crippen LogP contribution in [-0.2, 0) is 65.4 Å². The van der Waals surface area contributed by atoms with Crippen LogP contribution in [0.1, 0.15) is 350 Å². The van der Waals surface area contributed by atoms with E-state index in [2.05, 4.69) is 65.8 Å². The quantitative estimate of drug-likeness (QED) is 0.0169. The van der Waals surface area contributed by atoms with Gasteiger partial charge in [0, 0.05) is 25.7 Å². The summed E-state index contributed by atoms with van der Waals surface area (Å²) in [6.45, 7) is 9.38. The first kappa shape index (κ1) is 89.5. The summed E-state index contributed by atoms with van der Waals surface area (Å²) in [5, 5.41) is 10.6. The van der Waals surface area contributed by atoms with Crippen LogP contribution >= 0.6 is 15.6 Å². The second-order valence-electron chi connectivity index (χ2n) is 26.6. The molecule has 0 amide bonds. The zero-order chi connectivity index (χ0) is 67.9. The second-order valence-corrected chi connectivity index (χ2v) is 29.5. The molecule has 0 radical (unpaired) electrons. The van der Waals surface area contributed by atoms with Crippen molar-refractivity contribution in [3.05, 3.63) is 24.3 Å². The van der Waals surface area contributed by atoms with Gasteiger partial charge < -0.3 is 33.8 Å². The highest BCUT2D eigenvalue weighted by Gasteiger charge is 2.30. The number of allylic oxidation sites excluding steroid dienone is 4. The number of hydrogen-bond acceptors (Lipinski definition) is 15. The van der Waals surface area contributed by atoms with Crippen LogP contribution in [0.3, 0.4) is 0 Å². The summed E-state index contributed by atoms with van der Waals surface area (Å²) in [6, 6.07) is 0. The number of carbonyl (C=O) groups is 4. The van der Waals surface area contributed by atoms with Crippen LogP contribution in [0, 0.1) is 11.8 Å². The monoisotopic (exact) mass is 1350 g/mol. The van der Waals surface area contributed by atoms with Gasteiger partial charge in [-0.15, -0.1) is 0 Å². The first-order valence-electron chi connectivity index (χ1n) is 37.3. The number of ether oxygens (including phenoxy) is 4. The van der Waals surface area contributed by atoms with Gasteiger partial charge in [0.2, 0.25) is 0 Å². The number of rotatable bonds is 70. The Hall–Kier alpha value is -2.46. The molecular formula is C73H138O17P2. The number of unbranched alkanes of at least 4 members (excludes halogenated alkanes) is 37. The van der Waals surface area contributed by atoms with Crippen molar-refractivity contribution in [1.82, 2.24) is 0 Å². The van der Waals surface area contributed by atoms with Crippen LogP contribution in [-0.4, -0.2) is 96.7 Å². The molecule has 19 heteroatoms. The second kappa shape index (κ2) is 64.5. The van der Waals surface area contributed by atoms with E-state index in [0.29, 0.717) is 37.5 Å². The highest BCUT2D eigenvalue weighted by atomic mass is 31.2. The molecule has 0 saturated carbocycles. The molecule has 0 heterocycles. The maximum absolute atomic E-state index is 13.0. The van der Waals surface area contributed by atoms with E-state index in [1.165, 1.54) is 141 Å². The van der Waals surface area contributed by atoms with E-state index in [-0.39, 0.29) is 25.7 Å². The Morgan fingerprint density at radius 2 is 0.587 bits per heavy atom. The van der Waals surface area contributed by atoms with Gasteiger partial charge in [0.15, 0.2) is 12.2 Å². The van der Waals surface area contributed by atoms with Gasteiger partial charge in [0.05, 0.1) is 26.4 Å². The third-order valence-electron chi connectivity index (χ3n) is 16.3. The van der Waals surface area contributed by atoms with Crippen molar-refractivity contribution in [2.24, 2.45) is 11.8 Å². The van der Waals surface area contributed by atoms with Crippen molar-refractivity contribution < 1.29 is 80.2 Å². The normalized spacial score (nSPS) is 14.2. The van der Waals surface area contributed by atoms with Gasteiger partial charge in [0.1, 0.15) is 19.3 Å². The largest absolute Gasteiger partial charge is 0.472 e. The highest BCUT2D eigenvalue weighted by molar-refractivity contribution is 7.47. The molecule has 92 heavy (non-hydrogen) atoms. The van der Waals surface area contributed by atoms with Gasteiger partial charge in [-0.25, -0.2) is 9.13 Å². The molecule has 0 saturated heterocycles. The fraction of sp³-hybridized carbons (Fsp3) is 0.890. The number of aliphatic hydroxyl groups excluding tert-OH is 1. The molecule has 3 N–H and O–H groups in total. The SMILES string of the molecule is CCCCCC/C=C\C=C/CCCCCCCC(=O)OC[C@H](COP(=O)(O)OC[C@@H](O)COP(=O)(O)OC[C@@H](COC(=O)CCCCCCCCCC(C)C)OC(=O)CCCCCCCCCC(C)C)OC(=O)CCCCCCCCCCCCCCCCCCC. The Kier molecular flexibility index (Phi) is 62.8. The molecular weight excluding hydrogens is 1210 g/mol. The summed E-state index contributed by atoms with van der Waals surface area (Å²) in [7, 11) is -9.92. The maximum Gasteiger partial charge on any atom is 0.472 e. The van der Waals surface area contributed by atoms with E-state index in [0.717, 1.165) is 116 Å². The number of esters is 4. The topological polar surface area (TPSA) is 237 Å². The Morgan fingerprint density at radius 1 is 0.337 bits per heavy atom. The summed E-state index contributed by atoms with van der Waals surface area (Å²) in [6.07, 6.45) is 53.8. The molecule has 0 aromatic carbocycles. The third kappa shape index (κ3) is 66.2. The molecule has 0 aliphatic heterocycles. The van der Waals surface area contributed by atoms with Crippen LogP contribution in [0.15, 0.2) is 24.3 Å². The van der Waals surface area contributed by atoms with Crippen molar-refractivity contribution in [2.45, 2.75) is 368 Å². The average molecular weight is 1350 g/mol. The van der Waals surface area contributed by atoms with E-state index < -0.39 is 97.5 Å². The lowest BCUT2D eigenvalue weighted by molar-refractivity contribution is -0.161. The zero-order valence-corrected chi connectivity index (χ0v) is 61.1. The number of carbonyl (C=O) groups excluding carboxylic acids is 4. The van der Waals surface area contributed by atoms with E-state index in [9.17, 15) is 43.2 Å². The number of aliphatic hydroxyl groups is 1. The van der Waals surface area contributed by atoms with Crippen LogP contribution in [0.25, 0.3) is 0 Å². The molecule has 0 fully saturated rings. The highest BCUT2D eigenvalue weighted by Crippen LogP contribution is 2.45. The number of phosphoric ester groups is 2. The lowest BCUT2D eigenvalue weighted by atomic mass is 10.0. The van der Waals surface area contributed by atoms with Crippen LogP contribution in [0.4, 0.5) is 0 Å². The van der Waals surface area contributed by atoms with E-state index in [1.807, 2.05) is 0 Å². The Bertz CT molecular complexity index is 1880. The maximum atomic E-state index is 13.0. The minimum absolute atomic E-state index is 0.100. The summed E-state index contributed by atoms with van der Waals surface area (Å²) in [5.41, 5.74) is 0. The summed E-state index contributed by atoms with van der Waals surface area (Å²) in [4.78, 5) is 72.6. The first-order chi connectivity index (χ1) is 44.4. The molecule has 0 rings (SSSR count). The van der Waals surface area contributed by atoms with E-state index in [4.69, 9.17) is 37.0 Å². The van der Waals surface area contributed by atoms with Crippen LogP contribution in [0.5, 0.6) is 0 Å². The summed E-state index contributed by atoms with van der Waals surface area (Å²) >= 11 is 0. The molecule has 5 atom stereocenters. The number of phosphoric acid groups is 2. The molecule has 0 aliphatic carbocycles. The lowest BCUT2D eigenvalue weighted by Crippen LogP contribution is -2.30. The predicted octanol–water partition coefficient (Wildman–Crippen LogP) is 20.7. The Balaban J connectivity index is 5.27. The molecule has 542 valence electrons. The third-order valence-corrected chi connectivity index (χ3v) is 18.2. The first-order valence-corrected chi connectivity index (χ1v) is 40.3. The van der Waals surface area contributed by atoms with Crippen molar-refractivity contribution in [3.63, 3.8) is 0 Å².